The van der Waals surface area contributed by atoms with Crippen molar-refractivity contribution >= 4 is 64.8 Å². The molecular formula is C16H16Br2N2O3S2. The van der Waals surface area contributed by atoms with E-state index in [0.29, 0.717) is 30.1 Å². The minimum absolute atomic E-state index is 0.0572. The molecule has 1 amide bonds. The second-order valence-electron chi connectivity index (χ2n) is 5.73. The Bertz CT molecular complexity index is 858. The normalized spacial score (nSPS) is 16.7. The summed E-state index contributed by atoms with van der Waals surface area (Å²) in [6.45, 7) is 0.715. The molecule has 134 valence electrons. The average Bonchev–Trinajstić information content (AvgIpc) is 3.04. The summed E-state index contributed by atoms with van der Waals surface area (Å²) in [5.74, 6) is -0.233. The van der Waals surface area contributed by atoms with Crippen molar-refractivity contribution in [3.8, 4) is 0 Å². The molecule has 3 rings (SSSR count). The van der Waals surface area contributed by atoms with Crippen LogP contribution in [0.15, 0.2) is 48.9 Å². The Hall–Kier alpha value is -0.740. The molecule has 0 atom stereocenters. The molecule has 0 spiro atoms. The van der Waals surface area contributed by atoms with Gasteiger partial charge in [-0.1, -0.05) is 15.9 Å². The summed E-state index contributed by atoms with van der Waals surface area (Å²) in [4.78, 5) is 12.4. The van der Waals surface area contributed by atoms with Crippen LogP contribution in [0.2, 0.25) is 0 Å². The molecule has 1 aliphatic heterocycles. The van der Waals surface area contributed by atoms with E-state index in [-0.39, 0.29) is 11.8 Å². The number of anilines is 1. The number of nitrogens with one attached hydrogen (secondary N) is 1. The van der Waals surface area contributed by atoms with Gasteiger partial charge in [0.1, 0.15) is 4.21 Å². The first kappa shape index (κ1) is 19.0. The molecular weight excluding hydrogens is 492 g/mol. The molecule has 1 aromatic carbocycles. The number of rotatable bonds is 4. The summed E-state index contributed by atoms with van der Waals surface area (Å²) < 4.78 is 28.8. The number of carbonyl (C=O) groups excluding carboxylic acids is 1. The molecule has 1 saturated heterocycles. The molecule has 1 N–H and O–H groups in total. The third-order valence-electron chi connectivity index (χ3n) is 4.08. The first-order chi connectivity index (χ1) is 11.9. The van der Waals surface area contributed by atoms with Crippen molar-refractivity contribution in [2.45, 2.75) is 17.1 Å². The number of halogens is 2. The summed E-state index contributed by atoms with van der Waals surface area (Å²) in [6.07, 6.45) is 1.04. The predicted octanol–water partition coefficient (Wildman–Crippen LogP) is 4.31. The Labute approximate surface area is 167 Å². The maximum Gasteiger partial charge on any atom is 0.252 e. The lowest BCUT2D eigenvalue weighted by Gasteiger charge is -2.30. The van der Waals surface area contributed by atoms with E-state index in [9.17, 15) is 13.2 Å². The van der Waals surface area contributed by atoms with E-state index >= 15 is 0 Å². The largest absolute Gasteiger partial charge is 0.326 e. The zero-order valence-electron chi connectivity index (χ0n) is 13.1. The lowest BCUT2D eigenvalue weighted by atomic mass is 9.97. The van der Waals surface area contributed by atoms with Gasteiger partial charge in [0.05, 0.1) is 3.79 Å². The SMILES string of the molecule is O=C(Nc1ccc(Br)cc1)C1CCN(S(=O)(=O)c2ccc(Br)s2)CC1. The average molecular weight is 508 g/mol. The van der Waals surface area contributed by atoms with Gasteiger partial charge in [-0.25, -0.2) is 8.42 Å². The summed E-state index contributed by atoms with van der Waals surface area (Å²) in [5, 5.41) is 2.90. The number of thiophene rings is 1. The standard InChI is InChI=1S/C16H16Br2N2O3S2/c17-12-1-3-13(4-2-12)19-16(21)11-7-9-20(10-8-11)25(22,23)15-6-5-14(18)24-15/h1-6,11H,7-10H2,(H,19,21). The van der Waals surface area contributed by atoms with Gasteiger partial charge in [0.25, 0.3) is 10.0 Å². The predicted molar refractivity (Wildman–Crippen MR) is 106 cm³/mol. The highest BCUT2D eigenvalue weighted by molar-refractivity contribution is 9.11. The Morgan fingerprint density at radius 2 is 1.72 bits per heavy atom. The van der Waals surface area contributed by atoms with Crippen LogP contribution in [0, 0.1) is 5.92 Å². The van der Waals surface area contributed by atoms with Gasteiger partial charge in [0.2, 0.25) is 5.91 Å². The monoisotopic (exact) mass is 506 g/mol. The Morgan fingerprint density at radius 1 is 1.08 bits per heavy atom. The fourth-order valence-electron chi connectivity index (χ4n) is 2.70. The van der Waals surface area contributed by atoms with Gasteiger partial charge in [-0.3, -0.25) is 4.79 Å². The van der Waals surface area contributed by atoms with Crippen LogP contribution in [0.1, 0.15) is 12.8 Å². The molecule has 1 fully saturated rings. The van der Waals surface area contributed by atoms with Crippen molar-refractivity contribution in [2.24, 2.45) is 5.92 Å². The zero-order valence-corrected chi connectivity index (χ0v) is 17.9. The maximum absolute atomic E-state index is 12.6. The highest BCUT2D eigenvalue weighted by Crippen LogP contribution is 2.31. The van der Waals surface area contributed by atoms with E-state index < -0.39 is 10.0 Å². The van der Waals surface area contributed by atoms with Gasteiger partial charge < -0.3 is 5.32 Å². The number of hydrogen-bond acceptors (Lipinski definition) is 4. The van der Waals surface area contributed by atoms with Gasteiger partial charge in [0.15, 0.2) is 0 Å². The van der Waals surface area contributed by atoms with Crippen LogP contribution in [0.25, 0.3) is 0 Å². The number of benzene rings is 1. The Kier molecular flexibility index (Phi) is 5.99. The lowest BCUT2D eigenvalue weighted by Crippen LogP contribution is -2.41. The first-order valence-corrected chi connectivity index (χ1v) is 11.5. The van der Waals surface area contributed by atoms with Crippen molar-refractivity contribution in [1.82, 2.24) is 4.31 Å². The van der Waals surface area contributed by atoms with Crippen LogP contribution in [0.3, 0.4) is 0 Å². The molecule has 5 nitrogen and oxygen atoms in total. The van der Waals surface area contributed by atoms with Crippen molar-refractivity contribution in [3.63, 3.8) is 0 Å². The van der Waals surface area contributed by atoms with E-state index in [2.05, 4.69) is 37.2 Å². The third kappa shape index (κ3) is 4.51. The Balaban J connectivity index is 1.59. The topological polar surface area (TPSA) is 66.5 Å². The van der Waals surface area contributed by atoms with Gasteiger partial charge in [-0.2, -0.15) is 4.31 Å². The van der Waals surface area contributed by atoms with Gasteiger partial charge >= 0.3 is 0 Å². The van der Waals surface area contributed by atoms with E-state index in [1.165, 1.54) is 15.6 Å². The van der Waals surface area contributed by atoms with Gasteiger partial charge in [-0.05, 0) is 65.2 Å². The van der Waals surface area contributed by atoms with Crippen molar-refractivity contribution < 1.29 is 13.2 Å². The van der Waals surface area contributed by atoms with Gasteiger partial charge in [0, 0.05) is 29.2 Å². The van der Waals surface area contributed by atoms with Crippen molar-refractivity contribution in [1.29, 1.82) is 0 Å². The molecule has 2 aromatic rings. The molecule has 0 unspecified atom stereocenters. The minimum Gasteiger partial charge on any atom is -0.326 e. The summed E-state index contributed by atoms with van der Waals surface area (Å²) >= 11 is 7.85. The van der Waals surface area contributed by atoms with Crippen LogP contribution >= 0.6 is 43.2 Å². The minimum atomic E-state index is -3.47. The maximum atomic E-state index is 12.6. The Morgan fingerprint density at radius 3 is 2.28 bits per heavy atom. The molecule has 1 aromatic heterocycles. The van der Waals surface area contributed by atoms with Crippen LogP contribution in [-0.4, -0.2) is 31.7 Å². The number of sulfonamides is 1. The number of carbonyl (C=O) groups is 1. The van der Waals surface area contributed by atoms with Crippen LogP contribution in [0.4, 0.5) is 5.69 Å². The van der Waals surface area contributed by atoms with E-state index in [4.69, 9.17) is 0 Å². The summed E-state index contributed by atoms with van der Waals surface area (Å²) in [5.41, 5.74) is 0.742. The number of piperidine rings is 1. The van der Waals surface area contributed by atoms with Crippen LogP contribution in [0.5, 0.6) is 0 Å². The fraction of sp³-hybridized carbons (Fsp3) is 0.312. The fourth-order valence-corrected chi connectivity index (χ4v) is 6.60. The smallest absolute Gasteiger partial charge is 0.252 e. The van der Waals surface area contributed by atoms with E-state index in [1.807, 2.05) is 24.3 Å². The molecule has 2 heterocycles. The molecule has 9 heteroatoms. The first-order valence-electron chi connectivity index (χ1n) is 7.68. The molecule has 0 radical (unpaired) electrons. The molecule has 0 bridgehead atoms. The molecule has 0 aliphatic carbocycles. The summed E-state index contributed by atoms with van der Waals surface area (Å²) in [6, 6.07) is 10.7. The number of amides is 1. The van der Waals surface area contributed by atoms with E-state index in [1.54, 1.807) is 12.1 Å². The van der Waals surface area contributed by atoms with Crippen molar-refractivity contribution in [3.05, 3.63) is 44.7 Å². The third-order valence-corrected chi connectivity index (χ3v) is 8.60. The highest BCUT2D eigenvalue weighted by Gasteiger charge is 2.32. The molecule has 1 aliphatic rings. The van der Waals surface area contributed by atoms with Crippen LogP contribution < -0.4 is 5.32 Å². The summed E-state index contributed by atoms with van der Waals surface area (Å²) in [7, 11) is -3.47. The number of hydrogen-bond donors (Lipinski definition) is 1. The molecule has 25 heavy (non-hydrogen) atoms. The zero-order chi connectivity index (χ0) is 18.0. The highest BCUT2D eigenvalue weighted by atomic mass is 79.9. The van der Waals surface area contributed by atoms with E-state index in [0.717, 1.165) is 13.9 Å². The quantitative estimate of drug-likeness (QED) is 0.670. The second kappa shape index (κ2) is 7.87. The number of nitrogens with zero attached hydrogens (tertiary/aromatic N) is 1. The molecule has 0 saturated carbocycles. The second-order valence-corrected chi connectivity index (χ2v) is 11.3. The van der Waals surface area contributed by atoms with Gasteiger partial charge in [-0.15, -0.1) is 11.3 Å². The lowest BCUT2D eigenvalue weighted by molar-refractivity contribution is -0.120. The van der Waals surface area contributed by atoms with Crippen LogP contribution in [-0.2, 0) is 14.8 Å². The van der Waals surface area contributed by atoms with Crippen molar-refractivity contribution in [2.75, 3.05) is 18.4 Å².